The van der Waals surface area contributed by atoms with E-state index in [1.807, 2.05) is 0 Å². The van der Waals surface area contributed by atoms with E-state index >= 15 is 0 Å². The lowest BCUT2D eigenvalue weighted by Crippen LogP contribution is -2.57. The van der Waals surface area contributed by atoms with Crippen molar-refractivity contribution in [3.05, 3.63) is 0 Å². The molecule has 0 bridgehead atoms. The first-order valence-electron chi connectivity index (χ1n) is 11.2. The van der Waals surface area contributed by atoms with Gasteiger partial charge >= 0.3 is 5.97 Å². The van der Waals surface area contributed by atoms with Gasteiger partial charge in [-0.3, -0.25) is 4.79 Å². The van der Waals surface area contributed by atoms with Crippen molar-refractivity contribution >= 4 is 5.97 Å². The van der Waals surface area contributed by atoms with Gasteiger partial charge in [0.1, 0.15) is 0 Å². The molecule has 4 saturated carbocycles. The van der Waals surface area contributed by atoms with Crippen LogP contribution in [0.2, 0.25) is 0 Å². The average molecular weight is 379 g/mol. The second kappa shape index (κ2) is 6.73. The number of rotatable bonds is 4. The maximum Gasteiger partial charge on any atom is 0.307 e. The minimum absolute atomic E-state index is 0.000220. The number of aliphatic hydroxyl groups is 1. The smallest absolute Gasteiger partial charge is 0.307 e. The Morgan fingerprint density at radius 2 is 1.85 bits per heavy atom. The maximum absolute atomic E-state index is 11.9. The van der Waals surface area contributed by atoms with Gasteiger partial charge in [0.15, 0.2) is 0 Å². The monoisotopic (exact) mass is 378 g/mol. The number of hydrogen-bond acceptors (Lipinski definition) is 3. The quantitative estimate of drug-likeness (QED) is 0.756. The third-order valence-corrected chi connectivity index (χ3v) is 9.89. The maximum atomic E-state index is 11.9. The summed E-state index contributed by atoms with van der Waals surface area (Å²) in [6.45, 7) is 5.10. The zero-order valence-electron chi connectivity index (χ0n) is 17.4. The highest BCUT2D eigenvalue weighted by molar-refractivity contribution is 5.71. The normalized spacial score (nSPS) is 51.9. The molecule has 0 unspecified atom stereocenters. The molecule has 4 aliphatic rings. The van der Waals surface area contributed by atoms with Crippen molar-refractivity contribution in [1.29, 1.82) is 0 Å². The second-order valence-corrected chi connectivity index (χ2v) is 10.6. The second-order valence-electron chi connectivity index (χ2n) is 10.6. The average Bonchev–Trinajstić information content (AvgIpc) is 2.99. The van der Waals surface area contributed by atoms with Gasteiger partial charge in [-0.05, 0) is 98.7 Å². The zero-order valence-corrected chi connectivity index (χ0v) is 17.4. The summed E-state index contributed by atoms with van der Waals surface area (Å²) in [6.07, 6.45) is 10.7. The molecule has 0 heterocycles. The molecule has 0 aromatic rings. The molecule has 0 aliphatic heterocycles. The van der Waals surface area contributed by atoms with Gasteiger partial charge in [0.25, 0.3) is 0 Å². The van der Waals surface area contributed by atoms with Gasteiger partial charge in [-0.25, -0.2) is 0 Å². The van der Waals surface area contributed by atoms with E-state index in [4.69, 9.17) is 4.74 Å². The molecule has 0 aromatic carbocycles. The third-order valence-electron chi connectivity index (χ3n) is 9.89. The van der Waals surface area contributed by atoms with E-state index in [0.717, 1.165) is 44.4 Å². The molecule has 0 saturated heterocycles. The lowest BCUT2D eigenvalue weighted by Gasteiger charge is -2.63. The predicted octanol–water partition coefficient (Wildman–Crippen LogP) is 4.50. The van der Waals surface area contributed by atoms with Gasteiger partial charge in [0.05, 0.1) is 18.1 Å². The fraction of sp³-hybridized carbons (Fsp3) is 0.957. The molecular weight excluding hydrogens is 340 g/mol. The summed E-state index contributed by atoms with van der Waals surface area (Å²) in [5, 5.41) is 20.8. The van der Waals surface area contributed by atoms with E-state index in [1.54, 1.807) is 7.11 Å². The number of fused-ring (bicyclic) bond motifs is 5. The minimum Gasteiger partial charge on any atom is -0.481 e. The standard InChI is InChI=1S/C23H38O4/c1-4-23-12-11-22(26,14-27-3)13-15(23)5-6-16-17-7-8-19(20(24)25)21(17,2)10-9-18(16)23/h15-19,26H,4-14H2,1-3H3,(H,24,25)/t15-,16-,17-,18-,19+,21-,22+,23-/m0/s1. The van der Waals surface area contributed by atoms with Crippen LogP contribution in [0.5, 0.6) is 0 Å². The van der Waals surface area contributed by atoms with E-state index in [2.05, 4.69) is 13.8 Å². The van der Waals surface area contributed by atoms with Crippen molar-refractivity contribution in [2.24, 2.45) is 40.4 Å². The van der Waals surface area contributed by atoms with Crippen LogP contribution in [0.1, 0.15) is 78.1 Å². The molecule has 4 heteroatoms. The minimum atomic E-state index is -0.643. The largest absolute Gasteiger partial charge is 0.481 e. The van der Waals surface area contributed by atoms with Crippen molar-refractivity contribution < 1.29 is 19.7 Å². The van der Waals surface area contributed by atoms with Crippen LogP contribution in [-0.4, -0.2) is 35.5 Å². The summed E-state index contributed by atoms with van der Waals surface area (Å²) in [5.74, 6) is 1.88. The predicted molar refractivity (Wildman–Crippen MR) is 104 cm³/mol. The van der Waals surface area contributed by atoms with Crippen LogP contribution in [-0.2, 0) is 9.53 Å². The molecule has 8 atom stereocenters. The Bertz CT molecular complexity index is 591. The highest BCUT2D eigenvalue weighted by Crippen LogP contribution is 2.68. The van der Waals surface area contributed by atoms with E-state index in [-0.39, 0.29) is 11.3 Å². The van der Waals surface area contributed by atoms with Crippen LogP contribution in [0.3, 0.4) is 0 Å². The molecule has 0 radical (unpaired) electrons. The molecular formula is C23H38O4. The Labute approximate surface area is 164 Å². The van der Waals surface area contributed by atoms with Gasteiger partial charge in [0, 0.05) is 7.11 Å². The summed E-state index contributed by atoms with van der Waals surface area (Å²) >= 11 is 0. The first-order chi connectivity index (χ1) is 12.8. The third kappa shape index (κ3) is 2.80. The molecule has 154 valence electrons. The zero-order chi connectivity index (χ0) is 19.4. The highest BCUT2D eigenvalue weighted by atomic mass is 16.5. The summed E-state index contributed by atoms with van der Waals surface area (Å²) in [7, 11) is 1.69. The lowest BCUT2D eigenvalue weighted by atomic mass is 9.43. The van der Waals surface area contributed by atoms with Gasteiger partial charge in [-0.1, -0.05) is 13.8 Å². The molecule has 2 N–H and O–H groups in total. The van der Waals surface area contributed by atoms with E-state index in [0.29, 0.717) is 29.8 Å². The Hall–Kier alpha value is -0.610. The van der Waals surface area contributed by atoms with Crippen molar-refractivity contribution in [3.63, 3.8) is 0 Å². The molecule has 4 rings (SSSR count). The number of carbonyl (C=O) groups is 1. The molecule has 0 amide bonds. The summed E-state index contributed by atoms with van der Waals surface area (Å²) < 4.78 is 5.34. The molecule has 4 aliphatic carbocycles. The van der Waals surface area contributed by atoms with Crippen LogP contribution in [0.4, 0.5) is 0 Å². The molecule has 0 spiro atoms. The van der Waals surface area contributed by atoms with Crippen LogP contribution < -0.4 is 0 Å². The van der Waals surface area contributed by atoms with Crippen LogP contribution >= 0.6 is 0 Å². The van der Waals surface area contributed by atoms with Crippen molar-refractivity contribution in [1.82, 2.24) is 0 Å². The number of hydrogen-bond donors (Lipinski definition) is 2. The van der Waals surface area contributed by atoms with Crippen LogP contribution in [0, 0.1) is 40.4 Å². The Kier molecular flexibility index (Phi) is 4.91. The van der Waals surface area contributed by atoms with E-state index < -0.39 is 11.6 Å². The lowest BCUT2D eigenvalue weighted by molar-refractivity contribution is -0.174. The first kappa shape index (κ1) is 19.7. The number of methoxy groups -OCH3 is 1. The van der Waals surface area contributed by atoms with Crippen molar-refractivity contribution in [2.75, 3.05) is 13.7 Å². The molecule has 4 fully saturated rings. The molecule has 27 heavy (non-hydrogen) atoms. The first-order valence-corrected chi connectivity index (χ1v) is 11.2. The molecule has 4 nitrogen and oxygen atoms in total. The highest BCUT2D eigenvalue weighted by Gasteiger charge is 2.63. The Morgan fingerprint density at radius 3 is 2.52 bits per heavy atom. The van der Waals surface area contributed by atoms with Gasteiger partial charge in [-0.2, -0.15) is 0 Å². The van der Waals surface area contributed by atoms with Gasteiger partial charge in [-0.15, -0.1) is 0 Å². The van der Waals surface area contributed by atoms with Gasteiger partial charge in [0.2, 0.25) is 0 Å². The van der Waals surface area contributed by atoms with E-state index in [9.17, 15) is 15.0 Å². The van der Waals surface area contributed by atoms with E-state index in [1.165, 1.54) is 25.7 Å². The van der Waals surface area contributed by atoms with Crippen molar-refractivity contribution in [2.45, 2.75) is 83.7 Å². The van der Waals surface area contributed by atoms with Crippen LogP contribution in [0.15, 0.2) is 0 Å². The number of carboxylic acid groups (broad SMARTS) is 1. The topological polar surface area (TPSA) is 66.8 Å². The molecule has 0 aromatic heterocycles. The number of aliphatic carboxylic acids is 1. The summed E-state index contributed by atoms with van der Waals surface area (Å²) in [6, 6.07) is 0. The fourth-order valence-electron chi connectivity index (χ4n) is 8.64. The van der Waals surface area contributed by atoms with Crippen LogP contribution in [0.25, 0.3) is 0 Å². The summed E-state index contributed by atoms with van der Waals surface area (Å²) in [4.78, 5) is 11.9. The number of ether oxygens (including phenoxy) is 1. The Balaban J connectivity index is 1.60. The number of carboxylic acids is 1. The van der Waals surface area contributed by atoms with Gasteiger partial charge < -0.3 is 14.9 Å². The summed E-state index contributed by atoms with van der Waals surface area (Å²) in [5.41, 5.74) is -0.290. The fourth-order valence-corrected chi connectivity index (χ4v) is 8.64. The SMILES string of the molecule is CC[C@]12CC[C@](O)(COC)C[C@@H]1CC[C@H]1[C@@H]3CC[C@H](C(=O)O)[C@@]3(C)CC[C@@H]12. The Morgan fingerprint density at radius 1 is 1.07 bits per heavy atom. The van der Waals surface area contributed by atoms with Crippen molar-refractivity contribution in [3.8, 4) is 0 Å².